The van der Waals surface area contributed by atoms with Crippen molar-refractivity contribution in [2.45, 2.75) is 38.8 Å². The van der Waals surface area contributed by atoms with Gasteiger partial charge in [-0.1, -0.05) is 13.8 Å². The summed E-state index contributed by atoms with van der Waals surface area (Å²) in [5, 5.41) is 3.56. The van der Waals surface area contributed by atoms with E-state index in [0.717, 1.165) is 12.1 Å². The zero-order chi connectivity index (χ0) is 8.27. The Kier molecular flexibility index (Phi) is 3.34. The van der Waals surface area contributed by atoms with Crippen LogP contribution >= 0.6 is 0 Å². The van der Waals surface area contributed by atoms with Crippen molar-refractivity contribution in [3.8, 4) is 0 Å². The number of piperazine rings is 1. The summed E-state index contributed by atoms with van der Waals surface area (Å²) in [6.07, 6.45) is 2.51. The lowest BCUT2D eigenvalue weighted by molar-refractivity contribution is 0.157. The van der Waals surface area contributed by atoms with Gasteiger partial charge in [0, 0.05) is 25.2 Å². The Labute approximate surface area is 70.0 Å². The zero-order valence-electron chi connectivity index (χ0n) is 7.93. The third kappa shape index (κ3) is 2.17. The van der Waals surface area contributed by atoms with Crippen molar-refractivity contribution in [2.75, 3.05) is 20.1 Å². The van der Waals surface area contributed by atoms with Gasteiger partial charge < -0.3 is 10.2 Å². The third-order valence-corrected chi connectivity index (χ3v) is 2.74. The molecule has 1 rings (SSSR count). The molecule has 1 aliphatic heterocycles. The first-order valence-corrected chi connectivity index (χ1v) is 4.71. The van der Waals surface area contributed by atoms with Gasteiger partial charge in [-0.15, -0.1) is 0 Å². The average molecular weight is 156 g/mol. The topological polar surface area (TPSA) is 15.3 Å². The van der Waals surface area contributed by atoms with Crippen molar-refractivity contribution in [2.24, 2.45) is 0 Å². The van der Waals surface area contributed by atoms with Gasteiger partial charge in [0.05, 0.1) is 0 Å². The first-order valence-electron chi connectivity index (χ1n) is 4.71. The maximum absolute atomic E-state index is 3.56. The second-order valence-electron chi connectivity index (χ2n) is 3.52. The minimum absolute atomic E-state index is 0.725. The fourth-order valence-electron chi connectivity index (χ4n) is 1.75. The highest BCUT2D eigenvalue weighted by Crippen LogP contribution is 2.08. The molecule has 2 nitrogen and oxygen atoms in total. The van der Waals surface area contributed by atoms with Crippen molar-refractivity contribution >= 4 is 0 Å². The predicted octanol–water partition coefficient (Wildman–Crippen LogP) is 1.08. The van der Waals surface area contributed by atoms with Gasteiger partial charge in [-0.3, -0.25) is 0 Å². The van der Waals surface area contributed by atoms with Gasteiger partial charge in [0.2, 0.25) is 0 Å². The lowest BCUT2D eigenvalue weighted by Crippen LogP contribution is -2.54. The van der Waals surface area contributed by atoms with Crippen LogP contribution in [0.2, 0.25) is 0 Å². The van der Waals surface area contributed by atoms with E-state index in [1.807, 2.05) is 0 Å². The molecule has 0 spiro atoms. The Morgan fingerprint density at radius 2 is 2.09 bits per heavy atom. The van der Waals surface area contributed by atoms with Crippen LogP contribution in [-0.4, -0.2) is 37.1 Å². The molecule has 0 bridgehead atoms. The first kappa shape index (κ1) is 9.01. The summed E-state index contributed by atoms with van der Waals surface area (Å²) in [7, 11) is 2.23. The van der Waals surface area contributed by atoms with Crippen LogP contribution in [0.5, 0.6) is 0 Å². The van der Waals surface area contributed by atoms with Gasteiger partial charge >= 0.3 is 0 Å². The highest BCUT2D eigenvalue weighted by molar-refractivity contribution is 4.82. The van der Waals surface area contributed by atoms with Crippen molar-refractivity contribution < 1.29 is 0 Å². The van der Waals surface area contributed by atoms with Crippen LogP contribution in [0.1, 0.15) is 26.7 Å². The largest absolute Gasteiger partial charge is 0.311 e. The lowest BCUT2D eigenvalue weighted by atomic mass is 10.1. The fraction of sp³-hybridized carbons (Fsp3) is 1.00. The molecule has 0 amide bonds. The SMILES string of the molecule is CCC1CN(C)C(CC)CN1. The van der Waals surface area contributed by atoms with Gasteiger partial charge in [0.25, 0.3) is 0 Å². The van der Waals surface area contributed by atoms with E-state index in [1.54, 1.807) is 0 Å². The minimum atomic E-state index is 0.725. The van der Waals surface area contributed by atoms with E-state index in [-0.39, 0.29) is 0 Å². The monoisotopic (exact) mass is 156 g/mol. The summed E-state index contributed by atoms with van der Waals surface area (Å²) >= 11 is 0. The van der Waals surface area contributed by atoms with Gasteiger partial charge in [0.1, 0.15) is 0 Å². The number of hydrogen-bond acceptors (Lipinski definition) is 2. The second kappa shape index (κ2) is 4.07. The quantitative estimate of drug-likeness (QED) is 0.643. The molecule has 11 heavy (non-hydrogen) atoms. The molecule has 1 aliphatic rings. The molecule has 1 saturated heterocycles. The number of rotatable bonds is 2. The Morgan fingerprint density at radius 1 is 1.36 bits per heavy atom. The summed E-state index contributed by atoms with van der Waals surface area (Å²) in [4.78, 5) is 2.48. The van der Waals surface area contributed by atoms with E-state index in [1.165, 1.54) is 25.9 Å². The van der Waals surface area contributed by atoms with Crippen molar-refractivity contribution in [1.29, 1.82) is 0 Å². The van der Waals surface area contributed by atoms with E-state index in [9.17, 15) is 0 Å². The van der Waals surface area contributed by atoms with E-state index < -0.39 is 0 Å². The average Bonchev–Trinajstić information content (AvgIpc) is 2.04. The number of nitrogens with zero attached hydrogens (tertiary/aromatic N) is 1. The summed E-state index contributed by atoms with van der Waals surface area (Å²) in [5.41, 5.74) is 0. The molecule has 0 radical (unpaired) electrons. The molecule has 0 aromatic rings. The normalized spacial score (nSPS) is 34.1. The van der Waals surface area contributed by atoms with Gasteiger partial charge in [0.15, 0.2) is 0 Å². The molecular formula is C9H20N2. The standard InChI is InChI=1S/C9H20N2/c1-4-8-7-11(3)9(5-2)6-10-8/h8-10H,4-7H2,1-3H3. The van der Waals surface area contributed by atoms with Gasteiger partial charge in [-0.05, 0) is 19.9 Å². The molecule has 2 unspecified atom stereocenters. The van der Waals surface area contributed by atoms with Gasteiger partial charge in [-0.2, -0.15) is 0 Å². The lowest BCUT2D eigenvalue weighted by Gasteiger charge is -2.37. The maximum atomic E-state index is 3.56. The van der Waals surface area contributed by atoms with E-state index in [2.05, 4.69) is 31.1 Å². The summed E-state index contributed by atoms with van der Waals surface area (Å²) < 4.78 is 0. The zero-order valence-corrected chi connectivity index (χ0v) is 7.93. The number of likely N-dealkylation sites (N-methyl/N-ethyl adjacent to an activating group) is 1. The smallest absolute Gasteiger partial charge is 0.0215 e. The van der Waals surface area contributed by atoms with Crippen LogP contribution in [0.25, 0.3) is 0 Å². The Balaban J connectivity index is 2.34. The fourth-order valence-corrected chi connectivity index (χ4v) is 1.75. The molecule has 0 aliphatic carbocycles. The Hall–Kier alpha value is -0.0800. The molecule has 0 aromatic heterocycles. The molecule has 66 valence electrons. The van der Waals surface area contributed by atoms with Crippen molar-refractivity contribution in [3.05, 3.63) is 0 Å². The van der Waals surface area contributed by atoms with Crippen LogP contribution in [0.4, 0.5) is 0 Å². The van der Waals surface area contributed by atoms with Crippen LogP contribution < -0.4 is 5.32 Å². The molecule has 0 saturated carbocycles. The first-order chi connectivity index (χ1) is 5.27. The Bertz CT molecular complexity index is 114. The van der Waals surface area contributed by atoms with Crippen LogP contribution in [0.3, 0.4) is 0 Å². The van der Waals surface area contributed by atoms with Crippen LogP contribution in [0, 0.1) is 0 Å². The molecular weight excluding hydrogens is 136 g/mol. The highest BCUT2D eigenvalue weighted by atomic mass is 15.2. The van der Waals surface area contributed by atoms with Crippen molar-refractivity contribution in [3.63, 3.8) is 0 Å². The van der Waals surface area contributed by atoms with E-state index in [4.69, 9.17) is 0 Å². The predicted molar refractivity (Wildman–Crippen MR) is 48.8 cm³/mol. The number of nitrogens with one attached hydrogen (secondary N) is 1. The summed E-state index contributed by atoms with van der Waals surface area (Å²) in [5.74, 6) is 0. The summed E-state index contributed by atoms with van der Waals surface area (Å²) in [6.45, 7) is 6.90. The van der Waals surface area contributed by atoms with Crippen LogP contribution in [-0.2, 0) is 0 Å². The number of hydrogen-bond donors (Lipinski definition) is 1. The Morgan fingerprint density at radius 3 is 2.55 bits per heavy atom. The van der Waals surface area contributed by atoms with E-state index >= 15 is 0 Å². The summed E-state index contributed by atoms with van der Waals surface area (Å²) in [6, 6.07) is 1.49. The minimum Gasteiger partial charge on any atom is -0.311 e. The molecule has 2 atom stereocenters. The van der Waals surface area contributed by atoms with Crippen molar-refractivity contribution in [1.82, 2.24) is 10.2 Å². The van der Waals surface area contributed by atoms with Gasteiger partial charge in [-0.25, -0.2) is 0 Å². The molecule has 1 fully saturated rings. The highest BCUT2D eigenvalue weighted by Gasteiger charge is 2.21. The van der Waals surface area contributed by atoms with E-state index in [0.29, 0.717) is 0 Å². The molecule has 2 heteroatoms. The maximum Gasteiger partial charge on any atom is 0.0215 e. The second-order valence-corrected chi connectivity index (χ2v) is 3.52. The molecule has 1 N–H and O–H groups in total. The molecule has 0 aromatic carbocycles. The third-order valence-electron chi connectivity index (χ3n) is 2.74. The molecule has 1 heterocycles. The van der Waals surface area contributed by atoms with Crippen LogP contribution in [0.15, 0.2) is 0 Å².